The molecule has 8 nitrogen and oxygen atoms in total. The van der Waals surface area contributed by atoms with E-state index in [0.29, 0.717) is 33.8 Å². The number of nitrogens with one attached hydrogen (secondary N) is 1. The number of halogens is 1. The van der Waals surface area contributed by atoms with E-state index >= 15 is 0 Å². The molecule has 33 heavy (non-hydrogen) atoms. The molecule has 0 saturated carbocycles. The molecule has 0 spiro atoms. The van der Waals surface area contributed by atoms with Gasteiger partial charge >= 0.3 is 12.1 Å². The monoisotopic (exact) mass is 464 g/mol. The molecule has 1 heterocycles. The van der Waals surface area contributed by atoms with Gasteiger partial charge in [-0.25, -0.2) is 9.59 Å². The Labute approximate surface area is 193 Å². The number of amides is 1. The number of carbonyl (C=O) groups is 2. The maximum atomic E-state index is 12.1. The molecule has 166 valence electrons. The number of carbonyl (C=O) groups excluding carboxylic acids is 1. The van der Waals surface area contributed by atoms with E-state index in [2.05, 4.69) is 10.3 Å². The fourth-order valence-corrected chi connectivity index (χ4v) is 3.31. The molecule has 0 bridgehead atoms. The first-order chi connectivity index (χ1) is 15.9. The van der Waals surface area contributed by atoms with Crippen LogP contribution in [0.4, 0.5) is 10.5 Å². The largest absolute Gasteiger partial charge is 0.496 e. The molecule has 0 aliphatic carbocycles. The minimum atomic E-state index is -1.13. The van der Waals surface area contributed by atoms with Gasteiger partial charge in [0.15, 0.2) is 0 Å². The Balaban J connectivity index is 1.56. The highest BCUT2D eigenvalue weighted by molar-refractivity contribution is 6.33. The van der Waals surface area contributed by atoms with Gasteiger partial charge in [-0.05, 0) is 36.4 Å². The average Bonchev–Trinajstić information content (AvgIpc) is 2.80. The van der Waals surface area contributed by atoms with Crippen molar-refractivity contribution >= 4 is 40.3 Å². The summed E-state index contributed by atoms with van der Waals surface area (Å²) in [6.07, 6.45) is 0.848. The first-order valence-corrected chi connectivity index (χ1v) is 10.0. The standard InChI is InChI=1S/C24H17ClN2O6/c1-31-22-13-20-16(12-17(22)23(28)29)21(9-10-26-20)32-15-7-8-19(18(25)11-15)27-24(30)33-14-5-3-2-4-6-14/h2-13H,1H3,(H,27,30)(H,28,29). The first kappa shape index (κ1) is 21.9. The second-order valence-electron chi connectivity index (χ2n) is 6.76. The number of hydrogen-bond acceptors (Lipinski definition) is 6. The van der Waals surface area contributed by atoms with Crippen LogP contribution in [0.15, 0.2) is 72.9 Å². The predicted octanol–water partition coefficient (Wildman–Crippen LogP) is 6.00. The summed E-state index contributed by atoms with van der Waals surface area (Å²) in [5.74, 6) is 0.213. The SMILES string of the molecule is COc1cc2nccc(Oc3ccc(NC(=O)Oc4ccccc4)c(Cl)c3)c2cc1C(=O)O. The number of aromatic carboxylic acids is 1. The van der Waals surface area contributed by atoms with Gasteiger partial charge in [0.1, 0.15) is 28.6 Å². The van der Waals surface area contributed by atoms with Crippen LogP contribution in [0.5, 0.6) is 23.0 Å². The van der Waals surface area contributed by atoms with Crippen molar-refractivity contribution in [2.75, 3.05) is 12.4 Å². The van der Waals surface area contributed by atoms with E-state index in [1.54, 1.807) is 42.5 Å². The Hall–Kier alpha value is -4.30. The van der Waals surface area contributed by atoms with Gasteiger partial charge in [0.25, 0.3) is 0 Å². The number of methoxy groups -OCH3 is 1. The van der Waals surface area contributed by atoms with E-state index in [9.17, 15) is 14.7 Å². The van der Waals surface area contributed by atoms with Crippen LogP contribution in [-0.2, 0) is 0 Å². The number of carboxylic acid groups (broad SMARTS) is 1. The highest BCUT2D eigenvalue weighted by Crippen LogP contribution is 2.35. The zero-order valence-electron chi connectivity index (χ0n) is 17.2. The van der Waals surface area contributed by atoms with Crippen molar-refractivity contribution in [1.29, 1.82) is 0 Å². The van der Waals surface area contributed by atoms with Crippen LogP contribution in [-0.4, -0.2) is 29.3 Å². The number of hydrogen-bond donors (Lipinski definition) is 2. The van der Waals surface area contributed by atoms with Gasteiger partial charge in [-0.1, -0.05) is 29.8 Å². The smallest absolute Gasteiger partial charge is 0.417 e. The van der Waals surface area contributed by atoms with E-state index in [-0.39, 0.29) is 16.3 Å². The van der Waals surface area contributed by atoms with E-state index in [1.807, 2.05) is 6.07 Å². The van der Waals surface area contributed by atoms with Crippen LogP contribution >= 0.6 is 11.6 Å². The molecule has 0 aliphatic rings. The van der Waals surface area contributed by atoms with Gasteiger partial charge in [-0.3, -0.25) is 10.3 Å². The van der Waals surface area contributed by atoms with E-state index in [4.69, 9.17) is 25.8 Å². The fraction of sp³-hybridized carbons (Fsp3) is 0.0417. The number of ether oxygens (including phenoxy) is 3. The summed E-state index contributed by atoms with van der Waals surface area (Å²) in [6, 6.07) is 17.9. The molecule has 0 radical (unpaired) electrons. The third kappa shape index (κ3) is 4.97. The summed E-state index contributed by atoms with van der Waals surface area (Å²) < 4.78 is 16.3. The van der Waals surface area contributed by atoms with Gasteiger partial charge in [-0.15, -0.1) is 0 Å². The summed E-state index contributed by atoms with van der Waals surface area (Å²) in [4.78, 5) is 27.9. The maximum absolute atomic E-state index is 12.1. The van der Waals surface area contributed by atoms with Gasteiger partial charge in [0.05, 0.1) is 23.3 Å². The van der Waals surface area contributed by atoms with Crippen LogP contribution in [0.3, 0.4) is 0 Å². The number of nitrogens with zero attached hydrogens (tertiary/aromatic N) is 1. The van der Waals surface area contributed by atoms with Crippen LogP contribution in [0, 0.1) is 0 Å². The summed E-state index contributed by atoms with van der Waals surface area (Å²) in [5.41, 5.74) is 0.821. The normalized spacial score (nSPS) is 10.5. The maximum Gasteiger partial charge on any atom is 0.417 e. The lowest BCUT2D eigenvalue weighted by Crippen LogP contribution is -2.16. The molecule has 0 aliphatic heterocycles. The molecule has 3 aromatic carbocycles. The molecule has 9 heteroatoms. The minimum absolute atomic E-state index is 0.0163. The molecule has 4 aromatic rings. The molecule has 4 rings (SSSR count). The van der Waals surface area contributed by atoms with Crippen molar-refractivity contribution in [3.63, 3.8) is 0 Å². The molecule has 0 atom stereocenters. The highest BCUT2D eigenvalue weighted by Gasteiger charge is 2.16. The lowest BCUT2D eigenvalue weighted by atomic mass is 10.1. The first-order valence-electron chi connectivity index (χ1n) is 9.66. The van der Waals surface area contributed by atoms with Crippen LogP contribution < -0.4 is 19.5 Å². The third-order valence-electron chi connectivity index (χ3n) is 4.61. The highest BCUT2D eigenvalue weighted by atomic mass is 35.5. The van der Waals surface area contributed by atoms with Crippen LogP contribution in [0.1, 0.15) is 10.4 Å². The Morgan fingerprint density at radius 3 is 2.45 bits per heavy atom. The molecule has 0 saturated heterocycles. The molecule has 1 aromatic heterocycles. The van der Waals surface area contributed by atoms with Crippen molar-refractivity contribution in [3.8, 4) is 23.0 Å². The number of anilines is 1. The van der Waals surface area contributed by atoms with Crippen molar-refractivity contribution < 1.29 is 28.9 Å². The zero-order valence-corrected chi connectivity index (χ0v) is 18.0. The summed E-state index contributed by atoms with van der Waals surface area (Å²) in [6.45, 7) is 0. The zero-order chi connectivity index (χ0) is 23.4. The predicted molar refractivity (Wildman–Crippen MR) is 123 cm³/mol. The van der Waals surface area contributed by atoms with Crippen molar-refractivity contribution in [1.82, 2.24) is 4.98 Å². The minimum Gasteiger partial charge on any atom is -0.496 e. The molecule has 1 amide bonds. The average molecular weight is 465 g/mol. The quantitative estimate of drug-likeness (QED) is 0.360. The molecular formula is C24H17ClN2O6. The Kier molecular flexibility index (Phi) is 6.28. The topological polar surface area (TPSA) is 107 Å². The van der Waals surface area contributed by atoms with Gasteiger partial charge in [0.2, 0.25) is 0 Å². The molecule has 0 unspecified atom stereocenters. The lowest BCUT2D eigenvalue weighted by molar-refractivity contribution is 0.0693. The Morgan fingerprint density at radius 2 is 1.76 bits per heavy atom. The summed E-state index contributed by atoms with van der Waals surface area (Å²) in [7, 11) is 1.39. The van der Waals surface area contributed by atoms with Crippen LogP contribution in [0.2, 0.25) is 5.02 Å². The third-order valence-corrected chi connectivity index (χ3v) is 4.92. The number of fused-ring (bicyclic) bond motifs is 1. The number of benzene rings is 3. The number of para-hydroxylation sites is 1. The summed E-state index contributed by atoms with van der Waals surface area (Å²) >= 11 is 6.31. The number of rotatable bonds is 6. The number of pyridine rings is 1. The molecule has 0 fully saturated rings. The van der Waals surface area contributed by atoms with Gasteiger partial charge in [0, 0.05) is 23.7 Å². The number of aromatic nitrogens is 1. The Bertz CT molecular complexity index is 1340. The second kappa shape index (κ2) is 9.46. The molecular weight excluding hydrogens is 448 g/mol. The Morgan fingerprint density at radius 1 is 0.970 bits per heavy atom. The second-order valence-corrected chi connectivity index (χ2v) is 7.16. The fourth-order valence-electron chi connectivity index (χ4n) is 3.09. The molecule has 2 N–H and O–H groups in total. The summed E-state index contributed by atoms with van der Waals surface area (Å²) in [5, 5.41) is 12.8. The van der Waals surface area contributed by atoms with Crippen molar-refractivity contribution in [3.05, 3.63) is 83.5 Å². The van der Waals surface area contributed by atoms with E-state index in [1.165, 1.54) is 31.5 Å². The van der Waals surface area contributed by atoms with Crippen molar-refractivity contribution in [2.24, 2.45) is 0 Å². The van der Waals surface area contributed by atoms with Gasteiger partial charge in [-0.2, -0.15) is 0 Å². The lowest BCUT2D eigenvalue weighted by Gasteiger charge is -2.13. The van der Waals surface area contributed by atoms with Crippen molar-refractivity contribution in [2.45, 2.75) is 0 Å². The van der Waals surface area contributed by atoms with Gasteiger partial charge < -0.3 is 19.3 Å². The van der Waals surface area contributed by atoms with Crippen LogP contribution in [0.25, 0.3) is 10.9 Å². The van der Waals surface area contributed by atoms with E-state index < -0.39 is 12.1 Å². The van der Waals surface area contributed by atoms with E-state index in [0.717, 1.165) is 0 Å². The number of carboxylic acids is 1.